The number of carbonyl (C=O) groups is 3. The van der Waals surface area contributed by atoms with Crippen LogP contribution in [0, 0.1) is 5.41 Å². The Bertz CT molecular complexity index is 342. The Labute approximate surface area is 110 Å². The van der Waals surface area contributed by atoms with Gasteiger partial charge in [0, 0.05) is 7.05 Å². The lowest BCUT2D eigenvalue weighted by atomic mass is 10.1. The molecule has 1 saturated carbocycles. The first-order chi connectivity index (χ1) is 8.51. The van der Waals surface area contributed by atoms with Crippen molar-refractivity contribution in [3.05, 3.63) is 0 Å². The summed E-state index contributed by atoms with van der Waals surface area (Å²) in [5.74, 6) is 0.427. The van der Waals surface area contributed by atoms with E-state index in [1.165, 1.54) is 25.9 Å². The van der Waals surface area contributed by atoms with E-state index in [0.717, 1.165) is 18.6 Å². The molecule has 1 fully saturated rings. The van der Waals surface area contributed by atoms with Crippen LogP contribution in [0.5, 0.6) is 0 Å². The highest BCUT2D eigenvalue weighted by Gasteiger charge is 2.44. The highest BCUT2D eigenvalue weighted by atomic mass is 32.2. The molecular formula is C11H18N2O4S. The molecule has 1 rings (SSSR count). The van der Waals surface area contributed by atoms with Crippen LogP contribution >= 0.6 is 11.8 Å². The molecule has 2 N–H and O–H groups in total. The predicted molar refractivity (Wildman–Crippen MR) is 68.2 cm³/mol. The van der Waals surface area contributed by atoms with Crippen LogP contribution in [0.4, 0.5) is 4.79 Å². The number of methoxy groups -OCH3 is 1. The summed E-state index contributed by atoms with van der Waals surface area (Å²) in [5.41, 5.74) is 0.00502. The number of urea groups is 1. The Morgan fingerprint density at radius 1 is 1.33 bits per heavy atom. The average Bonchev–Trinajstić information content (AvgIpc) is 3.08. The van der Waals surface area contributed by atoms with Gasteiger partial charge in [0.2, 0.25) is 5.91 Å². The minimum Gasteiger partial charge on any atom is -0.469 e. The molecule has 0 spiro atoms. The quantitative estimate of drug-likeness (QED) is 0.690. The standard InChI is InChI=1S/C11H18N2O4S/c1-12-10(16)13-8(14)6-18-7-11(3-4-11)5-9(15)17-2/h3-7H2,1-2H3,(H2,12,13,14,16). The normalized spacial score (nSPS) is 15.7. The Morgan fingerprint density at radius 3 is 2.50 bits per heavy atom. The van der Waals surface area contributed by atoms with Gasteiger partial charge >= 0.3 is 12.0 Å². The van der Waals surface area contributed by atoms with Crippen LogP contribution in [0.2, 0.25) is 0 Å². The van der Waals surface area contributed by atoms with Gasteiger partial charge in [-0.2, -0.15) is 11.8 Å². The van der Waals surface area contributed by atoms with E-state index in [1.54, 1.807) is 0 Å². The van der Waals surface area contributed by atoms with Gasteiger partial charge in [0.15, 0.2) is 0 Å². The van der Waals surface area contributed by atoms with Crippen molar-refractivity contribution < 1.29 is 19.1 Å². The van der Waals surface area contributed by atoms with Crippen molar-refractivity contribution in [2.75, 3.05) is 25.7 Å². The zero-order valence-corrected chi connectivity index (χ0v) is 11.4. The molecule has 0 aromatic heterocycles. The van der Waals surface area contributed by atoms with Gasteiger partial charge in [-0.25, -0.2) is 4.79 Å². The molecule has 0 aromatic rings. The first-order valence-electron chi connectivity index (χ1n) is 5.67. The smallest absolute Gasteiger partial charge is 0.321 e. The summed E-state index contributed by atoms with van der Waals surface area (Å²) in [5, 5.41) is 4.49. The molecule has 7 heteroatoms. The van der Waals surface area contributed by atoms with Crippen molar-refractivity contribution in [2.45, 2.75) is 19.3 Å². The lowest BCUT2D eigenvalue weighted by Gasteiger charge is -2.12. The topological polar surface area (TPSA) is 84.5 Å². The van der Waals surface area contributed by atoms with E-state index >= 15 is 0 Å². The molecule has 0 heterocycles. The fourth-order valence-electron chi connectivity index (χ4n) is 1.51. The molecule has 1 aliphatic carbocycles. The highest BCUT2D eigenvalue weighted by molar-refractivity contribution is 8.00. The minimum absolute atomic E-state index is 0.00502. The number of thioether (sulfide) groups is 1. The molecule has 0 aliphatic heterocycles. The molecule has 0 atom stereocenters. The van der Waals surface area contributed by atoms with Gasteiger partial charge in [-0.3, -0.25) is 14.9 Å². The van der Waals surface area contributed by atoms with E-state index in [9.17, 15) is 14.4 Å². The molecule has 0 radical (unpaired) electrons. The van der Waals surface area contributed by atoms with Crippen molar-refractivity contribution in [3.8, 4) is 0 Å². The van der Waals surface area contributed by atoms with Crippen LogP contribution in [0.15, 0.2) is 0 Å². The van der Waals surface area contributed by atoms with Crippen molar-refractivity contribution in [1.82, 2.24) is 10.6 Å². The molecule has 102 valence electrons. The summed E-state index contributed by atoms with van der Waals surface area (Å²) in [6.07, 6.45) is 2.39. The molecule has 0 aromatic carbocycles. The van der Waals surface area contributed by atoms with E-state index < -0.39 is 6.03 Å². The van der Waals surface area contributed by atoms with Crippen LogP contribution < -0.4 is 10.6 Å². The van der Waals surface area contributed by atoms with Gasteiger partial charge in [-0.15, -0.1) is 0 Å². The SMILES string of the molecule is CNC(=O)NC(=O)CSCC1(CC(=O)OC)CC1. The Morgan fingerprint density at radius 2 is 2.00 bits per heavy atom. The molecule has 6 nitrogen and oxygen atoms in total. The molecule has 18 heavy (non-hydrogen) atoms. The monoisotopic (exact) mass is 274 g/mol. The van der Waals surface area contributed by atoms with E-state index in [1.807, 2.05) is 0 Å². The molecular weight excluding hydrogens is 256 g/mol. The summed E-state index contributed by atoms with van der Waals surface area (Å²) in [4.78, 5) is 33.4. The first kappa shape index (κ1) is 14.8. The van der Waals surface area contributed by atoms with Crippen molar-refractivity contribution in [2.24, 2.45) is 5.41 Å². The number of esters is 1. The largest absolute Gasteiger partial charge is 0.469 e. The summed E-state index contributed by atoms with van der Waals surface area (Å²) in [6.45, 7) is 0. The van der Waals surface area contributed by atoms with Gasteiger partial charge in [0.25, 0.3) is 0 Å². The van der Waals surface area contributed by atoms with Crippen LogP contribution in [0.25, 0.3) is 0 Å². The maximum absolute atomic E-state index is 11.3. The van der Waals surface area contributed by atoms with Gasteiger partial charge in [-0.1, -0.05) is 0 Å². The first-order valence-corrected chi connectivity index (χ1v) is 6.83. The fraction of sp³-hybridized carbons (Fsp3) is 0.727. The second-order valence-corrected chi connectivity index (χ2v) is 5.36. The van der Waals surface area contributed by atoms with Gasteiger partial charge < -0.3 is 10.1 Å². The zero-order chi connectivity index (χ0) is 13.6. The number of hydrogen-bond acceptors (Lipinski definition) is 5. The lowest BCUT2D eigenvalue weighted by Crippen LogP contribution is -2.38. The van der Waals surface area contributed by atoms with Crippen LogP contribution in [-0.4, -0.2) is 43.6 Å². The van der Waals surface area contributed by atoms with E-state index in [-0.39, 0.29) is 23.0 Å². The summed E-state index contributed by atoms with van der Waals surface area (Å²) in [7, 11) is 2.83. The van der Waals surface area contributed by atoms with E-state index in [2.05, 4.69) is 15.4 Å². The molecule has 0 saturated heterocycles. The third-order valence-corrected chi connectivity index (χ3v) is 4.11. The number of hydrogen-bond donors (Lipinski definition) is 2. The summed E-state index contributed by atoms with van der Waals surface area (Å²) in [6, 6.07) is -0.503. The number of imide groups is 1. The fourth-order valence-corrected chi connectivity index (χ4v) is 2.70. The van der Waals surface area contributed by atoms with Gasteiger partial charge in [-0.05, 0) is 24.0 Å². The zero-order valence-electron chi connectivity index (χ0n) is 10.6. The van der Waals surface area contributed by atoms with Crippen LogP contribution in [0.3, 0.4) is 0 Å². The summed E-state index contributed by atoms with van der Waals surface area (Å²) >= 11 is 1.44. The van der Waals surface area contributed by atoms with Crippen LogP contribution in [0.1, 0.15) is 19.3 Å². The third kappa shape index (κ3) is 4.95. The minimum atomic E-state index is -0.503. The second kappa shape index (κ2) is 6.63. The molecule has 0 bridgehead atoms. The molecule has 0 unspecified atom stereocenters. The van der Waals surface area contributed by atoms with Crippen molar-refractivity contribution >= 4 is 29.7 Å². The average molecular weight is 274 g/mol. The van der Waals surface area contributed by atoms with Crippen molar-refractivity contribution in [3.63, 3.8) is 0 Å². The predicted octanol–water partition coefficient (Wildman–Crippen LogP) is 0.518. The highest BCUT2D eigenvalue weighted by Crippen LogP contribution is 2.51. The van der Waals surface area contributed by atoms with Gasteiger partial charge in [0.1, 0.15) is 0 Å². The van der Waals surface area contributed by atoms with Crippen molar-refractivity contribution in [1.29, 1.82) is 0 Å². The third-order valence-electron chi connectivity index (χ3n) is 2.83. The maximum atomic E-state index is 11.3. The van der Waals surface area contributed by atoms with Crippen LogP contribution in [-0.2, 0) is 14.3 Å². The number of ether oxygens (including phenoxy) is 1. The summed E-state index contributed by atoms with van der Waals surface area (Å²) < 4.78 is 4.64. The van der Waals surface area contributed by atoms with Gasteiger partial charge in [0.05, 0.1) is 19.3 Å². The number of nitrogens with one attached hydrogen (secondary N) is 2. The Kier molecular flexibility index (Phi) is 5.46. The van der Waals surface area contributed by atoms with E-state index in [0.29, 0.717) is 6.42 Å². The Hall–Kier alpha value is -1.24. The second-order valence-electron chi connectivity index (χ2n) is 4.37. The molecule has 3 amide bonds. The Balaban J connectivity index is 2.19. The molecule has 1 aliphatic rings. The number of rotatable bonds is 6. The maximum Gasteiger partial charge on any atom is 0.321 e. The van der Waals surface area contributed by atoms with E-state index in [4.69, 9.17) is 0 Å². The number of carbonyl (C=O) groups excluding carboxylic acids is 3. The lowest BCUT2D eigenvalue weighted by molar-refractivity contribution is -0.141. The number of amides is 3.